The SMILES string of the molecule is NCC(CCCOCC(F)(F)F)(CC1CC1)C(=O)O. The highest BCUT2D eigenvalue weighted by Crippen LogP contribution is 2.42. The lowest BCUT2D eigenvalue weighted by atomic mass is 9.78. The molecule has 0 bridgehead atoms. The summed E-state index contributed by atoms with van der Waals surface area (Å²) in [6.45, 7) is -1.38. The second-order valence-electron chi connectivity index (χ2n) is 5.21. The van der Waals surface area contributed by atoms with E-state index in [2.05, 4.69) is 4.74 Å². The number of ether oxygens (including phenoxy) is 1. The number of hydrogen-bond acceptors (Lipinski definition) is 3. The molecule has 3 N–H and O–H groups in total. The summed E-state index contributed by atoms with van der Waals surface area (Å²) >= 11 is 0. The summed E-state index contributed by atoms with van der Waals surface area (Å²) < 4.78 is 40.0. The van der Waals surface area contributed by atoms with Crippen LogP contribution in [0.3, 0.4) is 0 Å². The topological polar surface area (TPSA) is 72.5 Å². The number of rotatable bonds is 9. The number of carbonyl (C=O) groups is 1. The number of halogens is 3. The van der Waals surface area contributed by atoms with E-state index in [0.717, 1.165) is 12.8 Å². The smallest absolute Gasteiger partial charge is 0.411 e. The van der Waals surface area contributed by atoms with Crippen molar-refractivity contribution in [3.05, 3.63) is 0 Å². The fourth-order valence-corrected chi connectivity index (χ4v) is 2.14. The standard InChI is InChI=1S/C12H20F3NO3/c13-12(14,15)8-19-5-1-4-11(7-16,10(17)18)6-9-2-3-9/h9H,1-8,16H2,(H,17,18). The molecule has 1 unspecified atom stereocenters. The van der Waals surface area contributed by atoms with Gasteiger partial charge in [0.25, 0.3) is 0 Å². The Bertz CT molecular complexity index is 305. The Morgan fingerprint density at radius 2 is 2.00 bits per heavy atom. The van der Waals surface area contributed by atoms with Crippen LogP contribution in [0.15, 0.2) is 0 Å². The molecule has 0 heterocycles. The van der Waals surface area contributed by atoms with Crippen LogP contribution in [0.1, 0.15) is 32.1 Å². The van der Waals surface area contributed by atoms with E-state index in [-0.39, 0.29) is 26.0 Å². The maximum Gasteiger partial charge on any atom is 0.411 e. The first-order chi connectivity index (χ1) is 8.79. The van der Waals surface area contributed by atoms with Crippen LogP contribution < -0.4 is 5.73 Å². The molecule has 0 spiro atoms. The number of aliphatic carboxylic acids is 1. The second-order valence-corrected chi connectivity index (χ2v) is 5.21. The van der Waals surface area contributed by atoms with Crippen molar-refractivity contribution in [1.29, 1.82) is 0 Å². The van der Waals surface area contributed by atoms with Crippen molar-refractivity contribution in [2.75, 3.05) is 19.8 Å². The molecule has 1 aliphatic rings. The summed E-state index contributed by atoms with van der Waals surface area (Å²) in [5, 5.41) is 9.29. The third-order valence-corrected chi connectivity index (χ3v) is 3.43. The molecule has 112 valence electrons. The highest BCUT2D eigenvalue weighted by atomic mass is 19.4. The van der Waals surface area contributed by atoms with Gasteiger partial charge in [0.2, 0.25) is 0 Å². The largest absolute Gasteiger partial charge is 0.481 e. The predicted molar refractivity (Wildman–Crippen MR) is 62.6 cm³/mol. The van der Waals surface area contributed by atoms with Gasteiger partial charge in [-0.2, -0.15) is 13.2 Å². The van der Waals surface area contributed by atoms with Gasteiger partial charge in [-0.05, 0) is 25.2 Å². The molecule has 1 saturated carbocycles. The molecule has 1 aliphatic carbocycles. The van der Waals surface area contributed by atoms with E-state index in [9.17, 15) is 23.1 Å². The Labute approximate surface area is 110 Å². The summed E-state index contributed by atoms with van der Waals surface area (Å²) in [5.41, 5.74) is 4.56. The highest BCUT2D eigenvalue weighted by molar-refractivity contribution is 5.75. The van der Waals surface area contributed by atoms with Gasteiger partial charge >= 0.3 is 12.1 Å². The molecule has 0 amide bonds. The minimum absolute atomic E-state index is 0.0120. The first-order valence-electron chi connectivity index (χ1n) is 6.37. The number of hydrogen-bond donors (Lipinski definition) is 2. The van der Waals surface area contributed by atoms with Crippen molar-refractivity contribution in [2.45, 2.75) is 38.3 Å². The van der Waals surface area contributed by atoms with Gasteiger partial charge in [0.05, 0.1) is 5.41 Å². The summed E-state index contributed by atoms with van der Waals surface area (Å²) in [6.07, 6.45) is -1.28. The molecule has 0 aliphatic heterocycles. The summed E-state index contributed by atoms with van der Waals surface area (Å²) in [6, 6.07) is 0. The van der Waals surface area contributed by atoms with Crippen molar-refractivity contribution < 1.29 is 27.8 Å². The van der Waals surface area contributed by atoms with Crippen molar-refractivity contribution in [2.24, 2.45) is 17.1 Å². The van der Waals surface area contributed by atoms with E-state index in [1.165, 1.54) is 0 Å². The first-order valence-corrected chi connectivity index (χ1v) is 6.37. The van der Waals surface area contributed by atoms with Gasteiger partial charge in [-0.1, -0.05) is 12.8 Å². The van der Waals surface area contributed by atoms with Gasteiger partial charge < -0.3 is 15.6 Å². The first kappa shape index (κ1) is 16.2. The maximum absolute atomic E-state index is 11.9. The zero-order chi connectivity index (χ0) is 14.5. The number of carboxylic acid groups (broad SMARTS) is 1. The third-order valence-electron chi connectivity index (χ3n) is 3.43. The Hall–Kier alpha value is -0.820. The molecule has 1 rings (SSSR count). The summed E-state index contributed by atoms with van der Waals surface area (Å²) in [7, 11) is 0. The number of alkyl halides is 3. The van der Waals surface area contributed by atoms with Crippen LogP contribution in [0.4, 0.5) is 13.2 Å². The van der Waals surface area contributed by atoms with E-state index in [4.69, 9.17) is 5.73 Å². The van der Waals surface area contributed by atoms with E-state index in [1.54, 1.807) is 0 Å². The minimum atomic E-state index is -4.34. The van der Waals surface area contributed by atoms with Crippen LogP contribution in [-0.2, 0) is 9.53 Å². The van der Waals surface area contributed by atoms with Crippen LogP contribution in [0.25, 0.3) is 0 Å². The van der Waals surface area contributed by atoms with Crippen LogP contribution in [0.5, 0.6) is 0 Å². The lowest BCUT2D eigenvalue weighted by Crippen LogP contribution is -2.39. The Morgan fingerprint density at radius 1 is 1.37 bits per heavy atom. The lowest BCUT2D eigenvalue weighted by molar-refractivity contribution is -0.174. The van der Waals surface area contributed by atoms with Gasteiger partial charge in [0, 0.05) is 13.2 Å². The molecule has 0 saturated heterocycles. The Kier molecular flexibility index (Phi) is 5.61. The molecule has 0 aromatic rings. The normalized spacial score (nSPS) is 19.2. The average Bonchev–Trinajstić information content (AvgIpc) is 3.09. The number of nitrogens with two attached hydrogens (primary N) is 1. The molecule has 1 fully saturated rings. The van der Waals surface area contributed by atoms with Crippen molar-refractivity contribution in [3.63, 3.8) is 0 Å². The van der Waals surface area contributed by atoms with Gasteiger partial charge in [-0.15, -0.1) is 0 Å². The summed E-state index contributed by atoms with van der Waals surface area (Å²) in [5.74, 6) is -0.562. The molecule has 1 atom stereocenters. The molecular weight excluding hydrogens is 263 g/mol. The van der Waals surface area contributed by atoms with Crippen LogP contribution in [0.2, 0.25) is 0 Å². The van der Waals surface area contributed by atoms with E-state index in [0.29, 0.717) is 12.3 Å². The highest BCUT2D eigenvalue weighted by Gasteiger charge is 2.41. The van der Waals surface area contributed by atoms with E-state index >= 15 is 0 Å². The molecule has 7 heteroatoms. The molecule has 4 nitrogen and oxygen atoms in total. The van der Waals surface area contributed by atoms with Crippen molar-refractivity contribution in [1.82, 2.24) is 0 Å². The van der Waals surface area contributed by atoms with Gasteiger partial charge in [0.15, 0.2) is 0 Å². The fraction of sp³-hybridized carbons (Fsp3) is 0.917. The zero-order valence-electron chi connectivity index (χ0n) is 10.7. The van der Waals surface area contributed by atoms with Gasteiger partial charge in [-0.25, -0.2) is 0 Å². The third kappa shape index (κ3) is 5.78. The van der Waals surface area contributed by atoms with Crippen molar-refractivity contribution in [3.8, 4) is 0 Å². The Morgan fingerprint density at radius 3 is 2.42 bits per heavy atom. The summed E-state index contributed by atoms with van der Waals surface area (Å²) in [4.78, 5) is 11.3. The fourth-order valence-electron chi connectivity index (χ4n) is 2.14. The van der Waals surface area contributed by atoms with Crippen LogP contribution >= 0.6 is 0 Å². The number of carboxylic acids is 1. The monoisotopic (exact) mass is 283 g/mol. The second kappa shape index (κ2) is 6.56. The van der Waals surface area contributed by atoms with Crippen molar-refractivity contribution >= 4 is 5.97 Å². The molecule has 0 aromatic carbocycles. The predicted octanol–water partition coefficient (Wildman–Crippen LogP) is 2.18. The Balaban J connectivity index is 2.34. The average molecular weight is 283 g/mol. The van der Waals surface area contributed by atoms with E-state index in [1.807, 2.05) is 0 Å². The molecule has 0 aromatic heterocycles. The zero-order valence-corrected chi connectivity index (χ0v) is 10.7. The molecule has 0 radical (unpaired) electrons. The molecule has 19 heavy (non-hydrogen) atoms. The quantitative estimate of drug-likeness (QED) is 0.636. The van der Waals surface area contributed by atoms with Gasteiger partial charge in [0.1, 0.15) is 6.61 Å². The minimum Gasteiger partial charge on any atom is -0.481 e. The molecular formula is C12H20F3NO3. The van der Waals surface area contributed by atoms with E-state index < -0.39 is 24.2 Å². The van der Waals surface area contributed by atoms with Gasteiger partial charge in [-0.3, -0.25) is 4.79 Å². The lowest BCUT2D eigenvalue weighted by Gasteiger charge is -2.28. The van der Waals surface area contributed by atoms with Crippen LogP contribution in [0, 0.1) is 11.3 Å². The maximum atomic E-state index is 11.9. The van der Waals surface area contributed by atoms with Crippen LogP contribution in [-0.4, -0.2) is 37.0 Å².